The Labute approximate surface area is 105 Å². The Morgan fingerprint density at radius 1 is 1.59 bits per heavy atom. The van der Waals surface area contributed by atoms with Gasteiger partial charge in [-0.2, -0.15) is 5.10 Å². The lowest BCUT2D eigenvalue weighted by Crippen LogP contribution is -2.44. The summed E-state index contributed by atoms with van der Waals surface area (Å²) in [5.41, 5.74) is 6.64. The fraction of sp³-hybridized carbons (Fsp3) is 0.600. The van der Waals surface area contributed by atoms with Gasteiger partial charge in [0.25, 0.3) is 0 Å². The second-order valence-corrected chi connectivity index (χ2v) is 4.28. The van der Waals surface area contributed by atoms with Crippen molar-refractivity contribution in [2.24, 2.45) is 17.8 Å². The number of nitrogens with two attached hydrogens (primary N) is 1. The van der Waals surface area contributed by atoms with Crippen LogP contribution in [0.2, 0.25) is 5.02 Å². The van der Waals surface area contributed by atoms with E-state index in [0.29, 0.717) is 30.7 Å². The van der Waals surface area contributed by atoms with Gasteiger partial charge < -0.3 is 15.4 Å². The zero-order chi connectivity index (χ0) is 12.3. The molecular formula is C10H16ClN5O. The maximum atomic E-state index is 5.99. The zero-order valence-corrected chi connectivity index (χ0v) is 10.5. The van der Waals surface area contributed by atoms with Gasteiger partial charge in [-0.15, -0.1) is 0 Å². The van der Waals surface area contributed by atoms with E-state index in [-0.39, 0.29) is 0 Å². The first-order valence-electron chi connectivity index (χ1n) is 5.47. The van der Waals surface area contributed by atoms with Crippen molar-refractivity contribution >= 4 is 17.6 Å². The van der Waals surface area contributed by atoms with Crippen molar-refractivity contribution < 1.29 is 4.74 Å². The molecule has 6 nitrogen and oxygen atoms in total. The number of nitrogens with zero attached hydrogens (tertiary/aromatic N) is 4. The molecule has 1 aliphatic heterocycles. The van der Waals surface area contributed by atoms with Crippen LogP contribution in [0.3, 0.4) is 0 Å². The van der Waals surface area contributed by atoms with E-state index in [0.717, 1.165) is 18.8 Å². The molecule has 7 heteroatoms. The van der Waals surface area contributed by atoms with Crippen molar-refractivity contribution in [3.8, 4) is 0 Å². The molecule has 0 aliphatic carbocycles. The third-order valence-electron chi connectivity index (χ3n) is 2.58. The summed E-state index contributed by atoms with van der Waals surface area (Å²) < 4.78 is 6.91. The molecule has 1 saturated heterocycles. The molecule has 0 bridgehead atoms. The number of morpholine rings is 1. The number of aliphatic imine (C=N–C) groups is 1. The molecule has 1 aromatic heterocycles. The highest BCUT2D eigenvalue weighted by atomic mass is 35.5. The van der Waals surface area contributed by atoms with Crippen LogP contribution in [0.5, 0.6) is 0 Å². The molecule has 0 unspecified atom stereocenters. The Bertz CT molecular complexity index is 411. The van der Waals surface area contributed by atoms with E-state index in [1.54, 1.807) is 10.9 Å². The van der Waals surface area contributed by atoms with Crippen LogP contribution in [0, 0.1) is 0 Å². The lowest BCUT2D eigenvalue weighted by molar-refractivity contribution is 0.0674. The van der Waals surface area contributed by atoms with Gasteiger partial charge in [0.05, 0.1) is 24.8 Å². The molecule has 2 rings (SSSR count). The highest BCUT2D eigenvalue weighted by molar-refractivity contribution is 6.31. The molecule has 1 aromatic rings. The minimum Gasteiger partial charge on any atom is -0.378 e. The van der Waals surface area contributed by atoms with Crippen LogP contribution in [0.15, 0.2) is 11.2 Å². The molecule has 0 atom stereocenters. The fourth-order valence-electron chi connectivity index (χ4n) is 1.66. The summed E-state index contributed by atoms with van der Waals surface area (Å²) >= 11 is 5.99. The van der Waals surface area contributed by atoms with E-state index in [4.69, 9.17) is 22.1 Å². The molecule has 0 radical (unpaired) electrons. The van der Waals surface area contributed by atoms with Crippen LogP contribution in [0.1, 0.15) is 5.69 Å². The average Bonchev–Trinajstić information content (AvgIpc) is 2.66. The molecule has 1 aliphatic rings. The Morgan fingerprint density at radius 2 is 2.29 bits per heavy atom. The quantitative estimate of drug-likeness (QED) is 0.608. The fourth-order valence-corrected chi connectivity index (χ4v) is 1.90. The maximum absolute atomic E-state index is 5.99. The van der Waals surface area contributed by atoms with Gasteiger partial charge in [0, 0.05) is 26.3 Å². The van der Waals surface area contributed by atoms with Crippen molar-refractivity contribution in [3.05, 3.63) is 16.9 Å². The van der Waals surface area contributed by atoms with Gasteiger partial charge in [0.2, 0.25) is 0 Å². The average molecular weight is 258 g/mol. The molecule has 0 spiro atoms. The van der Waals surface area contributed by atoms with Crippen molar-refractivity contribution in [3.63, 3.8) is 0 Å². The van der Waals surface area contributed by atoms with Crippen molar-refractivity contribution in [1.82, 2.24) is 14.7 Å². The van der Waals surface area contributed by atoms with Gasteiger partial charge in [-0.05, 0) is 0 Å². The highest BCUT2D eigenvalue weighted by Crippen LogP contribution is 2.13. The molecule has 94 valence electrons. The smallest absolute Gasteiger partial charge is 0.191 e. The second kappa shape index (κ2) is 5.37. The maximum Gasteiger partial charge on any atom is 0.191 e. The van der Waals surface area contributed by atoms with E-state index < -0.39 is 0 Å². The summed E-state index contributed by atoms with van der Waals surface area (Å²) in [5, 5.41) is 4.82. The summed E-state index contributed by atoms with van der Waals surface area (Å²) in [7, 11) is 1.82. The summed E-state index contributed by atoms with van der Waals surface area (Å²) in [4.78, 5) is 6.30. The van der Waals surface area contributed by atoms with Gasteiger partial charge in [-0.3, -0.25) is 4.68 Å². The van der Waals surface area contributed by atoms with Crippen molar-refractivity contribution in [2.45, 2.75) is 6.54 Å². The Hall–Kier alpha value is -1.27. The standard InChI is InChI=1S/C10H16ClN5O/c1-15-7-8(11)9(14-15)6-13-10(12)16-2-4-17-5-3-16/h7H,2-6H2,1H3,(H2,12,13). The molecule has 0 saturated carbocycles. The number of aromatic nitrogens is 2. The lowest BCUT2D eigenvalue weighted by Gasteiger charge is -2.27. The monoisotopic (exact) mass is 257 g/mol. The molecular weight excluding hydrogens is 242 g/mol. The van der Waals surface area contributed by atoms with E-state index in [1.165, 1.54) is 0 Å². The number of rotatable bonds is 2. The molecule has 0 aromatic carbocycles. The molecule has 0 amide bonds. The third kappa shape index (κ3) is 3.10. The number of hydrogen-bond acceptors (Lipinski definition) is 3. The summed E-state index contributed by atoms with van der Waals surface area (Å²) in [6.45, 7) is 3.36. The highest BCUT2D eigenvalue weighted by Gasteiger charge is 2.12. The number of aryl methyl sites for hydroxylation is 1. The van der Waals surface area contributed by atoms with Crippen LogP contribution in [-0.4, -0.2) is 46.9 Å². The number of hydrogen-bond donors (Lipinski definition) is 1. The Balaban J connectivity index is 1.97. The van der Waals surface area contributed by atoms with E-state index in [2.05, 4.69) is 10.1 Å². The van der Waals surface area contributed by atoms with Gasteiger partial charge in [0.1, 0.15) is 5.69 Å². The van der Waals surface area contributed by atoms with Crippen LogP contribution in [0.4, 0.5) is 0 Å². The zero-order valence-electron chi connectivity index (χ0n) is 9.77. The number of halogens is 1. The second-order valence-electron chi connectivity index (χ2n) is 3.87. The van der Waals surface area contributed by atoms with Gasteiger partial charge in [-0.25, -0.2) is 4.99 Å². The number of guanidine groups is 1. The molecule has 2 heterocycles. The SMILES string of the molecule is Cn1cc(Cl)c(CN=C(N)N2CCOCC2)n1. The van der Waals surface area contributed by atoms with Crippen molar-refractivity contribution in [1.29, 1.82) is 0 Å². The predicted molar refractivity (Wildman–Crippen MR) is 65.9 cm³/mol. The predicted octanol–water partition coefficient (Wildman–Crippen LogP) is 0.220. The first-order valence-corrected chi connectivity index (χ1v) is 5.85. The van der Waals surface area contributed by atoms with E-state index in [9.17, 15) is 0 Å². The van der Waals surface area contributed by atoms with Crippen LogP contribution in [-0.2, 0) is 18.3 Å². The topological polar surface area (TPSA) is 68.7 Å². The first kappa shape index (κ1) is 12.2. The largest absolute Gasteiger partial charge is 0.378 e. The molecule has 1 fully saturated rings. The normalized spacial score (nSPS) is 17.5. The summed E-state index contributed by atoms with van der Waals surface area (Å²) in [6.07, 6.45) is 1.75. The Morgan fingerprint density at radius 3 is 2.88 bits per heavy atom. The third-order valence-corrected chi connectivity index (χ3v) is 2.90. The van der Waals surface area contributed by atoms with Gasteiger partial charge in [-0.1, -0.05) is 11.6 Å². The molecule has 2 N–H and O–H groups in total. The summed E-state index contributed by atoms with van der Waals surface area (Å²) in [5.74, 6) is 0.523. The van der Waals surface area contributed by atoms with E-state index >= 15 is 0 Å². The Kier molecular flexibility index (Phi) is 3.86. The van der Waals surface area contributed by atoms with Crippen LogP contribution < -0.4 is 5.73 Å². The summed E-state index contributed by atoms with van der Waals surface area (Å²) in [6, 6.07) is 0. The number of ether oxygens (including phenoxy) is 1. The van der Waals surface area contributed by atoms with E-state index in [1.807, 2.05) is 11.9 Å². The van der Waals surface area contributed by atoms with Gasteiger partial charge >= 0.3 is 0 Å². The lowest BCUT2D eigenvalue weighted by atomic mass is 10.4. The minimum atomic E-state index is 0.406. The molecule has 17 heavy (non-hydrogen) atoms. The van der Waals surface area contributed by atoms with Crippen molar-refractivity contribution in [2.75, 3.05) is 26.3 Å². The minimum absolute atomic E-state index is 0.406. The van der Waals surface area contributed by atoms with Crippen LogP contribution in [0.25, 0.3) is 0 Å². The first-order chi connectivity index (χ1) is 8.16. The van der Waals surface area contributed by atoms with Gasteiger partial charge in [0.15, 0.2) is 5.96 Å². The van der Waals surface area contributed by atoms with Crippen LogP contribution >= 0.6 is 11.6 Å².